The molecule has 0 fully saturated rings. The fraction of sp³-hybridized carbons (Fsp3) is 0.800. The topological polar surface area (TPSA) is 63.6 Å². The quantitative estimate of drug-likeness (QED) is 0.319. The van der Waals surface area contributed by atoms with E-state index < -0.39 is 13.6 Å². The summed E-state index contributed by atoms with van der Waals surface area (Å²) in [7, 11) is -3.75. The van der Waals surface area contributed by atoms with Gasteiger partial charge in [0.05, 0.1) is 6.16 Å². The Morgan fingerprint density at radius 3 is 2.05 bits per heavy atom. The maximum absolute atomic E-state index is 11.6. The highest BCUT2D eigenvalue weighted by molar-refractivity contribution is 7.53. The number of hydrogen-bond donors (Lipinski definition) is 1. The number of carbonyl (C=O) groups is 1. The van der Waals surface area contributed by atoms with E-state index in [1.165, 1.54) is 44.6 Å². The molecule has 0 saturated carbocycles. The monoisotopic (exact) mass is 304 g/mol. The minimum Gasteiger partial charge on any atom is -0.388 e. The first-order valence-electron chi connectivity index (χ1n) is 7.70. The van der Waals surface area contributed by atoms with E-state index in [1.807, 2.05) is 0 Å². The van der Waals surface area contributed by atoms with E-state index >= 15 is 0 Å². The van der Waals surface area contributed by atoms with Crippen LogP contribution in [0.4, 0.5) is 0 Å². The standard InChI is InChI=1S/C15H29O4P/c1-3-5-6-7-8-9-10-11-12-14-20(17,18)19-15(16)13-4-2/h4,13H,3,5-12,14H2,1-2H3,(H,17,18). The number of hydrogen-bond acceptors (Lipinski definition) is 3. The molecule has 0 rings (SSSR count). The predicted octanol–water partition coefficient (Wildman–Crippen LogP) is 4.82. The summed E-state index contributed by atoms with van der Waals surface area (Å²) in [5, 5.41) is 0. The second kappa shape index (κ2) is 12.2. The summed E-state index contributed by atoms with van der Waals surface area (Å²) in [6, 6.07) is 0. The van der Waals surface area contributed by atoms with Gasteiger partial charge in [-0.1, -0.05) is 64.4 Å². The smallest absolute Gasteiger partial charge is 0.378 e. The fourth-order valence-corrected chi connectivity index (χ4v) is 3.03. The van der Waals surface area contributed by atoms with Gasteiger partial charge in [0.15, 0.2) is 0 Å². The van der Waals surface area contributed by atoms with Gasteiger partial charge in [-0.3, -0.25) is 0 Å². The van der Waals surface area contributed by atoms with E-state index in [2.05, 4.69) is 11.4 Å². The molecule has 0 saturated heterocycles. The zero-order chi connectivity index (χ0) is 15.3. The van der Waals surface area contributed by atoms with Crippen molar-refractivity contribution in [3.8, 4) is 0 Å². The van der Waals surface area contributed by atoms with Crippen molar-refractivity contribution in [1.82, 2.24) is 0 Å². The molecule has 1 unspecified atom stereocenters. The van der Waals surface area contributed by atoms with Gasteiger partial charge in [-0.15, -0.1) is 0 Å². The third kappa shape index (κ3) is 12.4. The van der Waals surface area contributed by atoms with Crippen LogP contribution >= 0.6 is 7.60 Å². The van der Waals surface area contributed by atoms with Crippen molar-refractivity contribution in [2.45, 2.75) is 71.6 Å². The third-order valence-electron chi connectivity index (χ3n) is 3.08. The van der Waals surface area contributed by atoms with Gasteiger partial charge < -0.3 is 9.42 Å². The minimum atomic E-state index is -3.75. The molecule has 1 N–H and O–H groups in total. The van der Waals surface area contributed by atoms with Crippen molar-refractivity contribution in [2.75, 3.05) is 6.16 Å². The van der Waals surface area contributed by atoms with Gasteiger partial charge in [-0.2, -0.15) is 0 Å². The van der Waals surface area contributed by atoms with Crippen LogP contribution in [-0.2, 0) is 13.9 Å². The zero-order valence-corrected chi connectivity index (χ0v) is 13.7. The Morgan fingerprint density at radius 2 is 1.55 bits per heavy atom. The van der Waals surface area contributed by atoms with Gasteiger partial charge in [-0.25, -0.2) is 9.36 Å². The number of unbranched alkanes of at least 4 members (excludes halogenated alkanes) is 8. The summed E-state index contributed by atoms with van der Waals surface area (Å²) in [4.78, 5) is 20.6. The number of rotatable bonds is 12. The molecule has 0 aliphatic heterocycles. The molecule has 0 aliphatic carbocycles. The highest BCUT2D eigenvalue weighted by Crippen LogP contribution is 2.43. The molecule has 0 amide bonds. The van der Waals surface area contributed by atoms with Crippen LogP contribution in [0.1, 0.15) is 71.6 Å². The summed E-state index contributed by atoms with van der Waals surface area (Å²) >= 11 is 0. The van der Waals surface area contributed by atoms with Crippen LogP contribution in [0.2, 0.25) is 0 Å². The molecule has 1 atom stereocenters. The van der Waals surface area contributed by atoms with Crippen LogP contribution in [0.3, 0.4) is 0 Å². The lowest BCUT2D eigenvalue weighted by molar-refractivity contribution is -0.129. The maximum Gasteiger partial charge on any atom is 0.378 e. The van der Waals surface area contributed by atoms with Crippen molar-refractivity contribution in [2.24, 2.45) is 0 Å². The van der Waals surface area contributed by atoms with Gasteiger partial charge in [-0.05, 0) is 13.3 Å². The Labute approximate surface area is 123 Å². The Balaban J connectivity index is 3.53. The average Bonchev–Trinajstić information content (AvgIpc) is 2.36. The number of allylic oxidation sites excluding steroid dienone is 1. The molecule has 0 aromatic carbocycles. The molecule has 0 spiro atoms. The zero-order valence-electron chi connectivity index (χ0n) is 12.8. The van der Waals surface area contributed by atoms with Crippen LogP contribution in [-0.4, -0.2) is 17.0 Å². The Morgan fingerprint density at radius 1 is 1.05 bits per heavy atom. The van der Waals surface area contributed by atoms with Crippen molar-refractivity contribution in [3.63, 3.8) is 0 Å². The minimum absolute atomic E-state index is 0.0616. The Hall–Kier alpha value is -0.600. The van der Waals surface area contributed by atoms with Crippen molar-refractivity contribution < 1.29 is 18.8 Å². The van der Waals surface area contributed by atoms with Crippen molar-refractivity contribution >= 4 is 13.6 Å². The molecule has 0 aliphatic rings. The highest BCUT2D eigenvalue weighted by atomic mass is 31.2. The highest BCUT2D eigenvalue weighted by Gasteiger charge is 2.21. The Bertz CT molecular complexity index is 326. The molecule has 4 nitrogen and oxygen atoms in total. The molecular weight excluding hydrogens is 275 g/mol. The lowest BCUT2D eigenvalue weighted by Gasteiger charge is -2.10. The molecule has 0 radical (unpaired) electrons. The second-order valence-corrected chi connectivity index (χ2v) is 7.00. The summed E-state index contributed by atoms with van der Waals surface area (Å²) < 4.78 is 16.1. The van der Waals surface area contributed by atoms with Crippen LogP contribution in [0.15, 0.2) is 12.2 Å². The van der Waals surface area contributed by atoms with Crippen LogP contribution in [0.25, 0.3) is 0 Å². The molecule has 0 aromatic rings. The van der Waals surface area contributed by atoms with Gasteiger partial charge in [0.1, 0.15) is 0 Å². The first-order valence-corrected chi connectivity index (χ1v) is 9.46. The normalized spacial score (nSPS) is 14.3. The second-order valence-electron chi connectivity index (χ2n) is 5.10. The lowest BCUT2D eigenvalue weighted by Crippen LogP contribution is -2.01. The number of carbonyl (C=O) groups excluding carboxylic acids is 1. The molecule has 0 bridgehead atoms. The van der Waals surface area contributed by atoms with E-state index in [0.29, 0.717) is 6.42 Å². The summed E-state index contributed by atoms with van der Waals surface area (Å²) in [6.07, 6.45) is 12.9. The Kier molecular flexibility index (Phi) is 11.8. The maximum atomic E-state index is 11.6. The molecule has 118 valence electrons. The summed E-state index contributed by atoms with van der Waals surface area (Å²) in [5.41, 5.74) is 0. The van der Waals surface area contributed by atoms with Gasteiger partial charge in [0.25, 0.3) is 0 Å². The van der Waals surface area contributed by atoms with Crippen LogP contribution in [0, 0.1) is 0 Å². The van der Waals surface area contributed by atoms with Gasteiger partial charge in [0, 0.05) is 6.08 Å². The average molecular weight is 304 g/mol. The summed E-state index contributed by atoms with van der Waals surface area (Å²) in [5.74, 6) is -0.741. The molecule has 5 heteroatoms. The first-order chi connectivity index (χ1) is 9.52. The van der Waals surface area contributed by atoms with Crippen molar-refractivity contribution in [1.29, 1.82) is 0 Å². The van der Waals surface area contributed by atoms with E-state index in [1.54, 1.807) is 6.92 Å². The van der Waals surface area contributed by atoms with Gasteiger partial charge >= 0.3 is 13.6 Å². The van der Waals surface area contributed by atoms with E-state index in [0.717, 1.165) is 18.9 Å². The molecular formula is C15H29O4P. The third-order valence-corrected chi connectivity index (χ3v) is 4.43. The van der Waals surface area contributed by atoms with Crippen molar-refractivity contribution in [3.05, 3.63) is 12.2 Å². The molecule has 0 aromatic heterocycles. The van der Waals surface area contributed by atoms with Gasteiger partial charge in [0.2, 0.25) is 0 Å². The largest absolute Gasteiger partial charge is 0.388 e. The van der Waals surface area contributed by atoms with E-state index in [-0.39, 0.29) is 6.16 Å². The predicted molar refractivity (Wildman–Crippen MR) is 82.8 cm³/mol. The fourth-order valence-electron chi connectivity index (χ4n) is 1.98. The van der Waals surface area contributed by atoms with Crippen LogP contribution < -0.4 is 0 Å². The first kappa shape index (κ1) is 19.4. The van der Waals surface area contributed by atoms with Crippen LogP contribution in [0.5, 0.6) is 0 Å². The molecule has 20 heavy (non-hydrogen) atoms. The summed E-state index contributed by atoms with van der Waals surface area (Å²) in [6.45, 7) is 3.86. The molecule has 0 heterocycles. The van der Waals surface area contributed by atoms with E-state index in [4.69, 9.17) is 0 Å². The lowest BCUT2D eigenvalue weighted by atomic mass is 10.1. The SMILES string of the molecule is CC=CC(=O)OP(=O)(O)CCCCCCCCCCC. The van der Waals surface area contributed by atoms with E-state index in [9.17, 15) is 14.3 Å².